The lowest BCUT2D eigenvalue weighted by atomic mass is 9.78. The second kappa shape index (κ2) is 10.5. The van der Waals surface area contributed by atoms with Gasteiger partial charge in [-0.2, -0.15) is 0 Å². The van der Waals surface area contributed by atoms with Crippen molar-refractivity contribution in [3.8, 4) is 0 Å². The van der Waals surface area contributed by atoms with Gasteiger partial charge in [0, 0.05) is 0 Å². The fraction of sp³-hybridized carbons (Fsp3) is 0.444. The van der Waals surface area contributed by atoms with Gasteiger partial charge in [0.2, 0.25) is 10.0 Å². The zero-order chi connectivity index (χ0) is 21.4. The molecule has 0 amide bonds. The highest BCUT2D eigenvalue weighted by molar-refractivity contribution is 7.89. The number of carbonyl (C=O) groups is 2. The van der Waals surface area contributed by atoms with Crippen molar-refractivity contribution in [3.05, 3.63) is 42.2 Å². The van der Waals surface area contributed by atoms with Gasteiger partial charge in [-0.3, -0.25) is 14.5 Å². The Kier molecular flexibility index (Phi) is 8.36. The average Bonchev–Trinajstić information content (AvgIpc) is 2.62. The van der Waals surface area contributed by atoms with Gasteiger partial charge in [0.05, 0.1) is 18.0 Å². The standard InChI is InChI=1S/C18H24BFN2O6S/c1-3-4-5-6-7-16(19-27-17(23)12-22(2)13-18(24)28-19)21-29(25,26)15-10-8-14(20)9-11-15/h6-11,16,21H,3-5,12-13H2,1-2H3/b7-6+. The third-order valence-corrected chi connectivity index (χ3v) is 5.54. The SMILES string of the molecule is CCCC/C=C/C(NS(=O)(=O)c1ccc(F)cc1)B1OC(=O)CN(C)CC(=O)O1. The number of likely N-dealkylation sites (N-methyl/N-ethyl adjacent to an activating group) is 1. The van der Waals surface area contributed by atoms with Crippen molar-refractivity contribution < 1.29 is 31.7 Å². The molecule has 0 aliphatic carbocycles. The summed E-state index contributed by atoms with van der Waals surface area (Å²) in [6, 6.07) is 4.26. The molecule has 1 atom stereocenters. The molecule has 0 spiro atoms. The quantitative estimate of drug-likeness (QED) is 0.380. The molecule has 1 aliphatic rings. The molecule has 1 saturated heterocycles. The Labute approximate surface area is 170 Å². The number of sulfonamides is 1. The van der Waals surface area contributed by atoms with Crippen LogP contribution in [0.1, 0.15) is 26.2 Å². The number of hydrogen-bond acceptors (Lipinski definition) is 7. The number of halogens is 1. The van der Waals surface area contributed by atoms with Gasteiger partial charge < -0.3 is 9.31 Å². The summed E-state index contributed by atoms with van der Waals surface area (Å²) in [6.07, 6.45) is 5.71. The van der Waals surface area contributed by atoms with Gasteiger partial charge in [0.25, 0.3) is 0 Å². The summed E-state index contributed by atoms with van der Waals surface area (Å²) in [5.41, 5.74) is 0. The predicted molar refractivity (Wildman–Crippen MR) is 105 cm³/mol. The van der Waals surface area contributed by atoms with Gasteiger partial charge in [-0.15, -0.1) is 0 Å². The second-order valence-corrected chi connectivity index (χ2v) is 8.41. The minimum Gasteiger partial charge on any atom is -0.497 e. The highest BCUT2D eigenvalue weighted by Gasteiger charge is 2.40. The zero-order valence-electron chi connectivity index (χ0n) is 16.3. The summed E-state index contributed by atoms with van der Waals surface area (Å²) in [5, 5.41) is 0. The van der Waals surface area contributed by atoms with Gasteiger partial charge >= 0.3 is 19.1 Å². The largest absolute Gasteiger partial charge is 0.622 e. The molecule has 11 heteroatoms. The van der Waals surface area contributed by atoms with E-state index in [1.165, 1.54) is 11.0 Å². The van der Waals surface area contributed by atoms with Gasteiger partial charge in [0.1, 0.15) is 11.8 Å². The van der Waals surface area contributed by atoms with Crippen LogP contribution in [0.3, 0.4) is 0 Å². The number of nitrogens with one attached hydrogen (secondary N) is 1. The number of unbranched alkanes of at least 4 members (excludes halogenated alkanes) is 2. The summed E-state index contributed by atoms with van der Waals surface area (Å²) in [6.45, 7) is 1.74. The van der Waals surface area contributed by atoms with E-state index in [0.717, 1.165) is 37.1 Å². The molecule has 1 aromatic rings. The van der Waals surface area contributed by atoms with E-state index in [0.29, 0.717) is 6.42 Å². The molecule has 158 valence electrons. The summed E-state index contributed by atoms with van der Waals surface area (Å²) in [4.78, 5) is 25.3. The second-order valence-electron chi connectivity index (χ2n) is 6.69. The maximum atomic E-state index is 13.1. The maximum absolute atomic E-state index is 13.1. The van der Waals surface area contributed by atoms with Crippen LogP contribution in [0.2, 0.25) is 0 Å². The van der Waals surface area contributed by atoms with Crippen LogP contribution in [0.15, 0.2) is 41.3 Å². The molecular formula is C18H24BFN2O6S. The number of carbonyl (C=O) groups excluding carboxylic acids is 2. The van der Waals surface area contributed by atoms with E-state index in [4.69, 9.17) is 9.31 Å². The molecule has 2 rings (SSSR count). The fourth-order valence-corrected chi connectivity index (χ4v) is 3.79. The number of benzene rings is 1. The van der Waals surface area contributed by atoms with Crippen LogP contribution in [0.5, 0.6) is 0 Å². The molecule has 0 bridgehead atoms. The third kappa shape index (κ3) is 7.26. The summed E-state index contributed by atoms with van der Waals surface area (Å²) in [5.74, 6) is -3.03. The third-order valence-electron chi connectivity index (χ3n) is 4.07. The highest BCUT2D eigenvalue weighted by Crippen LogP contribution is 2.13. The Morgan fingerprint density at radius 2 is 1.79 bits per heavy atom. The number of rotatable bonds is 8. The highest BCUT2D eigenvalue weighted by atomic mass is 32.2. The number of nitrogens with zero attached hydrogens (tertiary/aromatic N) is 1. The van der Waals surface area contributed by atoms with E-state index in [1.54, 1.807) is 13.1 Å². The zero-order valence-corrected chi connectivity index (χ0v) is 17.2. The molecule has 1 aliphatic heterocycles. The molecule has 8 nitrogen and oxygen atoms in total. The van der Waals surface area contributed by atoms with Crippen LogP contribution < -0.4 is 4.72 Å². The summed E-state index contributed by atoms with van der Waals surface area (Å²) < 4.78 is 51.3. The molecule has 1 heterocycles. The lowest BCUT2D eigenvalue weighted by molar-refractivity contribution is -0.145. The smallest absolute Gasteiger partial charge is 0.497 e. The monoisotopic (exact) mass is 426 g/mol. The van der Waals surface area contributed by atoms with E-state index in [9.17, 15) is 22.4 Å². The first kappa shape index (κ1) is 23.0. The normalized spacial score (nSPS) is 17.6. The van der Waals surface area contributed by atoms with Gasteiger partial charge in [-0.25, -0.2) is 17.5 Å². The van der Waals surface area contributed by atoms with E-state index < -0.39 is 40.8 Å². The lowest BCUT2D eigenvalue weighted by Crippen LogP contribution is -2.53. The van der Waals surface area contributed by atoms with Crippen molar-refractivity contribution in [2.75, 3.05) is 20.1 Å². The van der Waals surface area contributed by atoms with Crippen molar-refractivity contribution in [1.29, 1.82) is 0 Å². The summed E-state index contributed by atoms with van der Waals surface area (Å²) in [7, 11) is -4.00. The van der Waals surface area contributed by atoms with Crippen LogP contribution in [0.25, 0.3) is 0 Å². The van der Waals surface area contributed by atoms with Crippen molar-refractivity contribution in [2.45, 2.75) is 37.0 Å². The van der Waals surface area contributed by atoms with E-state index in [-0.39, 0.29) is 18.0 Å². The van der Waals surface area contributed by atoms with Crippen LogP contribution in [-0.4, -0.2) is 58.5 Å². The molecule has 29 heavy (non-hydrogen) atoms. The molecule has 1 aromatic carbocycles. The van der Waals surface area contributed by atoms with Crippen molar-refractivity contribution in [3.63, 3.8) is 0 Å². The lowest BCUT2D eigenvalue weighted by Gasteiger charge is -2.26. The molecule has 1 unspecified atom stereocenters. The van der Waals surface area contributed by atoms with Crippen LogP contribution >= 0.6 is 0 Å². The van der Waals surface area contributed by atoms with Crippen LogP contribution in [0, 0.1) is 5.82 Å². The molecular weight excluding hydrogens is 402 g/mol. The van der Waals surface area contributed by atoms with Crippen molar-refractivity contribution in [2.24, 2.45) is 0 Å². The Bertz CT molecular complexity index is 826. The minimum atomic E-state index is -4.10. The maximum Gasteiger partial charge on any atom is 0.622 e. The Morgan fingerprint density at radius 3 is 2.34 bits per heavy atom. The first-order valence-electron chi connectivity index (χ1n) is 9.23. The van der Waals surface area contributed by atoms with Gasteiger partial charge in [-0.1, -0.05) is 31.9 Å². The molecule has 0 aromatic heterocycles. The number of hydrogen-bond donors (Lipinski definition) is 1. The summed E-state index contributed by atoms with van der Waals surface area (Å²) >= 11 is 0. The first-order valence-corrected chi connectivity index (χ1v) is 10.7. The predicted octanol–water partition coefficient (Wildman–Crippen LogP) is 1.28. The fourth-order valence-electron chi connectivity index (χ4n) is 2.61. The van der Waals surface area contributed by atoms with E-state index in [1.807, 2.05) is 6.92 Å². The van der Waals surface area contributed by atoms with Crippen LogP contribution in [0.4, 0.5) is 4.39 Å². The van der Waals surface area contributed by atoms with Gasteiger partial charge in [-0.05, 0) is 37.7 Å². The van der Waals surface area contributed by atoms with E-state index in [2.05, 4.69) is 4.72 Å². The van der Waals surface area contributed by atoms with Crippen LogP contribution in [-0.2, 0) is 28.9 Å². The molecule has 1 N–H and O–H groups in total. The Hall–Kier alpha value is -2.24. The Morgan fingerprint density at radius 1 is 1.21 bits per heavy atom. The Balaban J connectivity index is 2.27. The number of allylic oxidation sites excluding steroid dienone is 1. The molecule has 0 saturated carbocycles. The van der Waals surface area contributed by atoms with Crippen molar-refractivity contribution >= 4 is 29.1 Å². The molecule has 1 fully saturated rings. The minimum absolute atomic E-state index is 0.136. The van der Waals surface area contributed by atoms with Gasteiger partial charge in [0.15, 0.2) is 0 Å². The molecule has 0 radical (unpaired) electrons. The first-order chi connectivity index (χ1) is 13.7. The van der Waals surface area contributed by atoms with E-state index >= 15 is 0 Å². The van der Waals surface area contributed by atoms with Crippen molar-refractivity contribution in [1.82, 2.24) is 9.62 Å². The topological polar surface area (TPSA) is 102 Å². The average molecular weight is 426 g/mol.